The second-order valence-corrected chi connectivity index (χ2v) is 5.97. The summed E-state index contributed by atoms with van der Waals surface area (Å²) in [5.41, 5.74) is 6.83. The van der Waals surface area contributed by atoms with Crippen LogP contribution in [0.1, 0.15) is 15.9 Å². The third-order valence-corrected chi connectivity index (χ3v) is 4.30. The van der Waals surface area contributed by atoms with Crippen LogP contribution in [0.2, 0.25) is 0 Å². The molecule has 3 aromatic carbocycles. The van der Waals surface area contributed by atoms with Gasteiger partial charge in [0.2, 0.25) is 5.91 Å². The highest BCUT2D eigenvalue weighted by molar-refractivity contribution is 6.08. The van der Waals surface area contributed by atoms with E-state index in [4.69, 9.17) is 10.5 Å². The minimum absolute atomic E-state index is 0.260. The highest BCUT2D eigenvalue weighted by atomic mass is 16.5. The molecule has 1 atom stereocenters. The first kappa shape index (κ1) is 17.5. The molecule has 0 aliphatic carbocycles. The Balaban J connectivity index is 1.86. The molecule has 5 nitrogen and oxygen atoms in total. The van der Waals surface area contributed by atoms with Crippen molar-refractivity contribution in [1.82, 2.24) is 5.32 Å². The Morgan fingerprint density at radius 2 is 1.69 bits per heavy atom. The van der Waals surface area contributed by atoms with Gasteiger partial charge in [0, 0.05) is 12.0 Å². The number of amides is 2. The summed E-state index contributed by atoms with van der Waals surface area (Å²) in [7, 11) is 1.56. The second kappa shape index (κ2) is 7.70. The lowest BCUT2D eigenvalue weighted by Gasteiger charge is -2.18. The van der Waals surface area contributed by atoms with Gasteiger partial charge in [0.05, 0.1) is 7.11 Å². The fourth-order valence-corrected chi connectivity index (χ4v) is 2.97. The average molecular weight is 348 g/mol. The highest BCUT2D eigenvalue weighted by Gasteiger charge is 2.21. The molecule has 0 saturated carbocycles. The molecule has 2 amide bonds. The zero-order chi connectivity index (χ0) is 18.5. The van der Waals surface area contributed by atoms with Gasteiger partial charge in [0.15, 0.2) is 0 Å². The number of para-hydroxylation sites is 1. The third kappa shape index (κ3) is 3.67. The standard InChI is InChI=1S/C21H20N2O3/c1-26-19-12-5-3-8-15(19)13-18(20(22)24)23-21(25)17-11-6-9-14-7-2-4-10-16(14)17/h2-12,18H,13H2,1H3,(H2,22,24)(H,23,25)/t18-/m1/s1. The molecule has 0 heterocycles. The van der Waals surface area contributed by atoms with Crippen LogP contribution in [0.5, 0.6) is 5.75 Å². The molecule has 0 spiro atoms. The smallest absolute Gasteiger partial charge is 0.252 e. The van der Waals surface area contributed by atoms with E-state index >= 15 is 0 Å². The zero-order valence-electron chi connectivity index (χ0n) is 14.4. The number of nitrogens with one attached hydrogen (secondary N) is 1. The number of carbonyl (C=O) groups excluding carboxylic acids is 2. The van der Waals surface area contributed by atoms with Gasteiger partial charge in [-0.1, -0.05) is 54.6 Å². The largest absolute Gasteiger partial charge is 0.496 e. The number of ether oxygens (including phenoxy) is 1. The van der Waals surface area contributed by atoms with Crippen LogP contribution in [0.4, 0.5) is 0 Å². The van der Waals surface area contributed by atoms with Crippen LogP contribution in [0.3, 0.4) is 0 Å². The first-order valence-corrected chi connectivity index (χ1v) is 8.30. The minimum atomic E-state index is -0.835. The van der Waals surface area contributed by atoms with Crippen LogP contribution >= 0.6 is 0 Å². The maximum atomic E-state index is 12.8. The van der Waals surface area contributed by atoms with Gasteiger partial charge in [-0.2, -0.15) is 0 Å². The molecule has 5 heteroatoms. The lowest BCUT2D eigenvalue weighted by molar-refractivity contribution is -0.119. The second-order valence-electron chi connectivity index (χ2n) is 5.97. The van der Waals surface area contributed by atoms with Crippen molar-refractivity contribution in [1.29, 1.82) is 0 Å². The molecule has 0 unspecified atom stereocenters. The van der Waals surface area contributed by atoms with Crippen molar-refractivity contribution in [3.8, 4) is 5.75 Å². The number of hydrogen-bond acceptors (Lipinski definition) is 3. The lowest BCUT2D eigenvalue weighted by atomic mass is 10.0. The van der Waals surface area contributed by atoms with Crippen LogP contribution in [0.15, 0.2) is 66.7 Å². The van der Waals surface area contributed by atoms with Gasteiger partial charge in [-0.05, 0) is 28.5 Å². The molecule has 26 heavy (non-hydrogen) atoms. The molecule has 0 aliphatic heterocycles. The van der Waals surface area contributed by atoms with Crippen LogP contribution < -0.4 is 15.8 Å². The zero-order valence-corrected chi connectivity index (χ0v) is 14.4. The predicted molar refractivity (Wildman–Crippen MR) is 101 cm³/mol. The predicted octanol–water partition coefficient (Wildman–Crippen LogP) is 2.67. The molecule has 0 saturated heterocycles. The molecule has 0 radical (unpaired) electrons. The molecular formula is C21H20N2O3. The number of methoxy groups -OCH3 is 1. The van der Waals surface area contributed by atoms with Crippen molar-refractivity contribution in [2.75, 3.05) is 7.11 Å². The molecule has 132 valence electrons. The Labute approximate surface area is 151 Å². The van der Waals surface area contributed by atoms with Crippen molar-refractivity contribution in [2.24, 2.45) is 5.73 Å². The summed E-state index contributed by atoms with van der Waals surface area (Å²) in [5, 5.41) is 4.54. The first-order chi connectivity index (χ1) is 12.6. The summed E-state index contributed by atoms with van der Waals surface area (Å²) in [5.74, 6) is -0.275. The van der Waals surface area contributed by atoms with E-state index in [1.165, 1.54) is 0 Å². The molecular weight excluding hydrogens is 328 g/mol. The fraction of sp³-hybridized carbons (Fsp3) is 0.143. The maximum Gasteiger partial charge on any atom is 0.252 e. The van der Waals surface area contributed by atoms with Crippen molar-refractivity contribution in [2.45, 2.75) is 12.5 Å². The maximum absolute atomic E-state index is 12.8. The lowest BCUT2D eigenvalue weighted by Crippen LogP contribution is -2.45. The quantitative estimate of drug-likeness (QED) is 0.718. The number of primary amides is 1. The van der Waals surface area contributed by atoms with Crippen LogP contribution in [0.25, 0.3) is 10.8 Å². The number of benzene rings is 3. The summed E-state index contributed by atoms with van der Waals surface area (Å²) in [6.45, 7) is 0. The van der Waals surface area contributed by atoms with E-state index in [-0.39, 0.29) is 12.3 Å². The fourth-order valence-electron chi connectivity index (χ4n) is 2.97. The van der Waals surface area contributed by atoms with E-state index < -0.39 is 11.9 Å². The summed E-state index contributed by atoms with van der Waals surface area (Å²) >= 11 is 0. The summed E-state index contributed by atoms with van der Waals surface area (Å²) < 4.78 is 5.31. The van der Waals surface area contributed by atoms with Gasteiger partial charge in [-0.25, -0.2) is 0 Å². The Bertz CT molecular complexity index is 947. The summed E-state index contributed by atoms with van der Waals surface area (Å²) in [6, 6.07) is 19.6. The Morgan fingerprint density at radius 1 is 1.00 bits per heavy atom. The normalized spacial score (nSPS) is 11.7. The third-order valence-electron chi connectivity index (χ3n) is 4.30. The van der Waals surface area contributed by atoms with Crippen molar-refractivity contribution >= 4 is 22.6 Å². The van der Waals surface area contributed by atoms with Gasteiger partial charge < -0.3 is 15.8 Å². The average Bonchev–Trinajstić information content (AvgIpc) is 2.67. The first-order valence-electron chi connectivity index (χ1n) is 8.30. The highest BCUT2D eigenvalue weighted by Crippen LogP contribution is 2.21. The molecule has 0 aromatic heterocycles. The SMILES string of the molecule is COc1ccccc1C[C@@H](NC(=O)c1cccc2ccccc12)C(N)=O. The van der Waals surface area contributed by atoms with Crippen molar-refractivity contribution < 1.29 is 14.3 Å². The van der Waals surface area contributed by atoms with E-state index in [2.05, 4.69) is 5.32 Å². The monoisotopic (exact) mass is 348 g/mol. The Morgan fingerprint density at radius 3 is 2.46 bits per heavy atom. The van der Waals surface area contributed by atoms with E-state index in [1.54, 1.807) is 19.2 Å². The molecule has 0 fully saturated rings. The van der Waals surface area contributed by atoms with Gasteiger partial charge in [0.25, 0.3) is 5.91 Å². The van der Waals surface area contributed by atoms with Crippen LogP contribution in [-0.4, -0.2) is 25.0 Å². The number of hydrogen-bond donors (Lipinski definition) is 2. The summed E-state index contributed by atoms with van der Waals surface area (Å²) in [4.78, 5) is 24.7. The topological polar surface area (TPSA) is 81.4 Å². The number of fused-ring (bicyclic) bond motifs is 1. The van der Waals surface area contributed by atoms with E-state index in [0.29, 0.717) is 11.3 Å². The minimum Gasteiger partial charge on any atom is -0.496 e. The molecule has 0 aliphatic rings. The van der Waals surface area contributed by atoms with Gasteiger partial charge in [-0.15, -0.1) is 0 Å². The summed E-state index contributed by atoms with van der Waals surface area (Å²) in [6.07, 6.45) is 0.260. The Kier molecular flexibility index (Phi) is 5.17. The van der Waals surface area contributed by atoms with Crippen molar-refractivity contribution in [3.63, 3.8) is 0 Å². The van der Waals surface area contributed by atoms with E-state index in [0.717, 1.165) is 16.3 Å². The number of nitrogens with two attached hydrogens (primary N) is 1. The number of rotatable bonds is 6. The van der Waals surface area contributed by atoms with E-state index in [1.807, 2.05) is 54.6 Å². The van der Waals surface area contributed by atoms with Crippen LogP contribution in [-0.2, 0) is 11.2 Å². The molecule has 3 rings (SSSR count). The Hall–Kier alpha value is -3.34. The molecule has 3 N–H and O–H groups in total. The molecule has 3 aromatic rings. The molecule has 0 bridgehead atoms. The van der Waals surface area contributed by atoms with Gasteiger partial charge in [0.1, 0.15) is 11.8 Å². The van der Waals surface area contributed by atoms with Crippen LogP contribution in [0, 0.1) is 0 Å². The van der Waals surface area contributed by atoms with Crippen molar-refractivity contribution in [3.05, 3.63) is 77.9 Å². The van der Waals surface area contributed by atoms with Gasteiger partial charge in [-0.3, -0.25) is 9.59 Å². The van der Waals surface area contributed by atoms with Gasteiger partial charge >= 0.3 is 0 Å². The van der Waals surface area contributed by atoms with E-state index in [9.17, 15) is 9.59 Å². The number of carbonyl (C=O) groups is 2.